The van der Waals surface area contributed by atoms with Gasteiger partial charge in [-0.15, -0.1) is 0 Å². The molecule has 7 nitrogen and oxygen atoms in total. The molecule has 4 rings (SSSR count). The normalized spacial score (nSPS) is 22.5. The molecule has 2 aliphatic heterocycles. The molecular weight excluding hydrogens is 417 g/mol. The van der Waals surface area contributed by atoms with Crippen LogP contribution in [0.5, 0.6) is 5.75 Å². The van der Waals surface area contributed by atoms with Crippen molar-refractivity contribution < 1.29 is 33.4 Å². The highest BCUT2D eigenvalue weighted by atomic mass is 19.1. The van der Waals surface area contributed by atoms with Gasteiger partial charge in [0.05, 0.1) is 5.69 Å². The van der Waals surface area contributed by atoms with E-state index in [9.17, 15) is 23.9 Å². The fourth-order valence-electron chi connectivity index (χ4n) is 4.15. The summed E-state index contributed by atoms with van der Waals surface area (Å²) in [4.78, 5) is 37.8. The van der Waals surface area contributed by atoms with Crippen molar-refractivity contribution in [3.05, 3.63) is 71.6 Å². The lowest BCUT2D eigenvalue weighted by Crippen LogP contribution is -2.42. The van der Waals surface area contributed by atoms with Crippen molar-refractivity contribution in [3.8, 4) is 5.75 Å². The summed E-state index contributed by atoms with van der Waals surface area (Å²) < 4.78 is 26.3. The Hall–Kier alpha value is -3.68. The van der Waals surface area contributed by atoms with E-state index in [0.29, 0.717) is 23.4 Å². The first-order valence-electron chi connectivity index (χ1n) is 10.2. The predicted octanol–water partition coefficient (Wildman–Crippen LogP) is 3.33. The molecule has 1 fully saturated rings. The van der Waals surface area contributed by atoms with Crippen LogP contribution in [0.4, 0.5) is 10.1 Å². The van der Waals surface area contributed by atoms with Crippen LogP contribution in [-0.2, 0) is 19.9 Å². The Labute approximate surface area is 184 Å². The minimum atomic E-state index is -1.25. The lowest BCUT2D eigenvalue weighted by molar-refractivity contribution is -0.150. The van der Waals surface area contributed by atoms with Crippen molar-refractivity contribution in [2.45, 2.75) is 18.9 Å². The van der Waals surface area contributed by atoms with Crippen molar-refractivity contribution in [1.29, 1.82) is 0 Å². The second kappa shape index (κ2) is 8.11. The molecule has 32 heavy (non-hydrogen) atoms. The van der Waals surface area contributed by atoms with Crippen molar-refractivity contribution >= 4 is 23.4 Å². The Balaban J connectivity index is 1.67. The van der Waals surface area contributed by atoms with E-state index in [1.54, 1.807) is 29.2 Å². The summed E-state index contributed by atoms with van der Waals surface area (Å²) in [6, 6.07) is 11.4. The zero-order chi connectivity index (χ0) is 23.0. The molecule has 166 valence electrons. The van der Waals surface area contributed by atoms with E-state index in [1.165, 1.54) is 6.07 Å². The maximum absolute atomic E-state index is 14.9. The fraction of sp³-hybridized carbons (Fsp3) is 0.292. The van der Waals surface area contributed by atoms with E-state index in [-0.39, 0.29) is 30.9 Å². The van der Waals surface area contributed by atoms with Gasteiger partial charge in [-0.05, 0) is 18.6 Å². The average Bonchev–Trinajstić information content (AvgIpc) is 3.08. The lowest BCUT2D eigenvalue weighted by atomic mass is 9.90. The Kier molecular flexibility index (Phi) is 5.46. The zero-order valence-corrected chi connectivity index (χ0v) is 17.5. The molecule has 2 aromatic rings. The molecule has 2 unspecified atom stereocenters. The number of benzene rings is 2. The van der Waals surface area contributed by atoms with Crippen LogP contribution in [-0.4, -0.2) is 42.5 Å². The van der Waals surface area contributed by atoms with Crippen LogP contribution >= 0.6 is 0 Å². The summed E-state index contributed by atoms with van der Waals surface area (Å²) in [6.07, 6.45) is 0.197. The molecule has 2 heterocycles. The molecule has 1 N–H and O–H groups in total. The zero-order valence-electron chi connectivity index (χ0n) is 17.5. The number of fused-ring (bicyclic) bond motifs is 1. The van der Waals surface area contributed by atoms with Crippen molar-refractivity contribution in [2.75, 3.05) is 24.6 Å². The van der Waals surface area contributed by atoms with Gasteiger partial charge in [0.25, 0.3) is 0 Å². The van der Waals surface area contributed by atoms with Gasteiger partial charge in [0.2, 0.25) is 0 Å². The number of hydrogen-bond donors (Lipinski definition) is 1. The second-order valence-electron chi connectivity index (χ2n) is 7.91. The number of ketones is 1. The van der Waals surface area contributed by atoms with Crippen LogP contribution in [0.25, 0.3) is 0 Å². The summed E-state index contributed by atoms with van der Waals surface area (Å²) in [6.45, 7) is 5.82. The van der Waals surface area contributed by atoms with Gasteiger partial charge in [0.1, 0.15) is 12.5 Å². The first-order chi connectivity index (χ1) is 15.3. The molecule has 2 atom stereocenters. The molecule has 0 bridgehead atoms. The number of ether oxygens (including phenoxy) is 2. The number of rotatable bonds is 6. The first-order valence-corrected chi connectivity index (χ1v) is 10.2. The Morgan fingerprint density at radius 1 is 1.31 bits per heavy atom. The highest BCUT2D eigenvalue weighted by molar-refractivity contribution is 6.13. The van der Waals surface area contributed by atoms with E-state index >= 15 is 0 Å². The van der Waals surface area contributed by atoms with Crippen LogP contribution in [0.15, 0.2) is 54.6 Å². The van der Waals surface area contributed by atoms with E-state index in [1.807, 2.05) is 13.0 Å². The molecule has 0 saturated carbocycles. The number of carboxylic acids is 1. The van der Waals surface area contributed by atoms with E-state index in [4.69, 9.17) is 9.47 Å². The topological polar surface area (TPSA) is 93.1 Å². The van der Waals surface area contributed by atoms with Crippen LogP contribution in [0.1, 0.15) is 29.3 Å². The minimum Gasteiger partial charge on any atom is -0.486 e. The number of carbonyl (C=O) groups excluding carboxylic acids is 2. The number of nitrogens with zero attached hydrogens (tertiary/aromatic N) is 1. The second-order valence-corrected chi connectivity index (χ2v) is 7.91. The number of halogens is 1. The molecular formula is C24H22FNO6. The number of Topliss-reactive ketones (excluding diaryl/α,β-unsaturated/α-hetero) is 1. The number of cyclic esters (lactones) is 1. The van der Waals surface area contributed by atoms with E-state index in [0.717, 1.165) is 6.07 Å². The molecule has 8 heteroatoms. The summed E-state index contributed by atoms with van der Waals surface area (Å²) in [5.74, 6) is -4.58. The summed E-state index contributed by atoms with van der Waals surface area (Å²) in [7, 11) is 0. The van der Waals surface area contributed by atoms with Crippen molar-refractivity contribution in [3.63, 3.8) is 0 Å². The van der Waals surface area contributed by atoms with Gasteiger partial charge in [-0.25, -0.2) is 9.18 Å². The summed E-state index contributed by atoms with van der Waals surface area (Å²) in [5.41, 5.74) is 0.263. The van der Waals surface area contributed by atoms with Gasteiger partial charge >= 0.3 is 11.9 Å². The van der Waals surface area contributed by atoms with Gasteiger partial charge in [-0.3, -0.25) is 9.59 Å². The first kappa shape index (κ1) is 21.5. The number of carboxylic acid groups (broad SMARTS) is 1. The summed E-state index contributed by atoms with van der Waals surface area (Å²) in [5, 5.41) is 9.34. The largest absolute Gasteiger partial charge is 0.486 e. The third-order valence-electron chi connectivity index (χ3n) is 5.89. The number of esters is 1. The number of carbonyl (C=O) groups is 3. The smallest absolute Gasteiger partial charge is 0.334 e. The highest BCUT2D eigenvalue weighted by Crippen LogP contribution is 2.41. The predicted molar refractivity (Wildman–Crippen MR) is 113 cm³/mol. The number of aliphatic carboxylic acids is 1. The van der Waals surface area contributed by atoms with E-state index in [2.05, 4.69) is 6.58 Å². The molecule has 2 aromatic carbocycles. The van der Waals surface area contributed by atoms with Gasteiger partial charge in [0.15, 0.2) is 23.0 Å². The molecule has 0 spiro atoms. The SMILES string of the molecule is C=C1CC(COc2cc3c(cc2F)C(=O)C(C(=O)O)CN3CC)(c2ccccc2)OC1=O. The van der Waals surface area contributed by atoms with Crippen LogP contribution in [0.3, 0.4) is 0 Å². The van der Waals surface area contributed by atoms with E-state index < -0.39 is 35.1 Å². The monoisotopic (exact) mass is 439 g/mol. The Bertz CT molecular complexity index is 1100. The molecule has 0 radical (unpaired) electrons. The molecule has 0 amide bonds. The third-order valence-corrected chi connectivity index (χ3v) is 5.89. The van der Waals surface area contributed by atoms with Gasteiger partial charge in [0, 0.05) is 36.7 Å². The molecule has 0 aromatic heterocycles. The van der Waals surface area contributed by atoms with Gasteiger partial charge in [-0.2, -0.15) is 0 Å². The van der Waals surface area contributed by atoms with Crippen LogP contribution in [0, 0.1) is 11.7 Å². The quantitative estimate of drug-likeness (QED) is 0.419. The number of anilines is 1. The highest BCUT2D eigenvalue weighted by Gasteiger charge is 2.45. The van der Waals surface area contributed by atoms with Crippen LogP contribution in [0.2, 0.25) is 0 Å². The van der Waals surface area contributed by atoms with Gasteiger partial charge in [-0.1, -0.05) is 36.9 Å². The molecule has 0 aliphatic carbocycles. The number of hydrogen-bond acceptors (Lipinski definition) is 6. The molecule has 2 aliphatic rings. The Morgan fingerprint density at radius 2 is 2.03 bits per heavy atom. The third kappa shape index (κ3) is 3.62. The summed E-state index contributed by atoms with van der Waals surface area (Å²) >= 11 is 0. The minimum absolute atomic E-state index is 0.00582. The standard InChI is InChI=1S/C24H22FNO6/c1-3-26-12-17(22(28)29)21(27)16-9-18(25)20(10-19(16)26)31-13-24(11-14(2)23(30)32-24)15-7-5-4-6-8-15/h4-10,17H,2-3,11-13H2,1H3,(H,28,29). The fourth-order valence-corrected chi connectivity index (χ4v) is 4.15. The maximum atomic E-state index is 14.9. The molecule has 1 saturated heterocycles. The van der Waals surface area contributed by atoms with Crippen molar-refractivity contribution in [1.82, 2.24) is 0 Å². The maximum Gasteiger partial charge on any atom is 0.334 e. The van der Waals surface area contributed by atoms with Gasteiger partial charge < -0.3 is 19.5 Å². The lowest BCUT2D eigenvalue weighted by Gasteiger charge is -2.33. The average molecular weight is 439 g/mol. The Morgan fingerprint density at radius 3 is 2.62 bits per heavy atom. The van der Waals surface area contributed by atoms with Crippen LogP contribution < -0.4 is 9.64 Å². The van der Waals surface area contributed by atoms with Crippen molar-refractivity contribution in [2.24, 2.45) is 5.92 Å².